The number of nitrogens with zero attached hydrogens (tertiary/aromatic N) is 5. The highest BCUT2D eigenvalue weighted by Crippen LogP contribution is 2.38. The Balaban J connectivity index is 1.47. The van der Waals surface area contributed by atoms with Gasteiger partial charge in [-0.25, -0.2) is 6.57 Å². The summed E-state index contributed by atoms with van der Waals surface area (Å²) >= 11 is 0. The van der Waals surface area contributed by atoms with Crippen molar-refractivity contribution >= 4 is 16.6 Å². The Kier molecular flexibility index (Phi) is 7.87. The Hall–Kier alpha value is -3.21. The van der Waals surface area contributed by atoms with E-state index in [-0.39, 0.29) is 6.10 Å². The van der Waals surface area contributed by atoms with Crippen LogP contribution in [0.1, 0.15) is 47.8 Å². The monoisotopic (exact) mass is 499 g/mol. The molecular formula is C30H37N5O2. The second-order valence-corrected chi connectivity index (χ2v) is 10.6. The average Bonchev–Trinajstić information content (AvgIpc) is 2.90. The third-order valence-electron chi connectivity index (χ3n) is 7.50. The molecule has 1 fully saturated rings. The Bertz CT molecular complexity index is 1280. The van der Waals surface area contributed by atoms with Crippen LogP contribution in [0, 0.1) is 19.4 Å². The third-order valence-corrected chi connectivity index (χ3v) is 7.50. The van der Waals surface area contributed by atoms with Gasteiger partial charge in [-0.2, -0.15) is 9.97 Å². The van der Waals surface area contributed by atoms with E-state index in [1.165, 1.54) is 21.9 Å². The van der Waals surface area contributed by atoms with Crippen LogP contribution in [0.2, 0.25) is 0 Å². The standard InChI is InChI=1S/C30H37N5O2/c1-21-9-5-11-23-12-6-13-24(28(21)23)27-17-26-25(20-37-27)29(35-15-7-10-22(19-35)18-31-2)33-30(32-26)36-16-8-14-34(3)4/h5-6,9,11-13,22,27H,7-8,10,14-20H2,1,3-4H3/t22-,27?/m0/s1. The molecule has 1 aromatic heterocycles. The van der Waals surface area contributed by atoms with Gasteiger partial charge in [0.2, 0.25) is 6.54 Å². The van der Waals surface area contributed by atoms with Gasteiger partial charge in [0.15, 0.2) is 0 Å². The summed E-state index contributed by atoms with van der Waals surface area (Å²) in [7, 11) is 4.14. The number of ether oxygens (including phenoxy) is 2. The fraction of sp³-hybridized carbons (Fsp3) is 0.500. The molecule has 2 aliphatic rings. The molecule has 2 aromatic carbocycles. The van der Waals surface area contributed by atoms with Gasteiger partial charge in [-0.1, -0.05) is 36.4 Å². The molecule has 7 heteroatoms. The van der Waals surface area contributed by atoms with Gasteiger partial charge in [0.25, 0.3) is 0 Å². The fourth-order valence-electron chi connectivity index (χ4n) is 5.67. The van der Waals surface area contributed by atoms with E-state index in [9.17, 15) is 0 Å². The van der Waals surface area contributed by atoms with Crippen LogP contribution in [0.3, 0.4) is 0 Å². The lowest BCUT2D eigenvalue weighted by molar-refractivity contribution is 0.0265. The summed E-state index contributed by atoms with van der Waals surface area (Å²) in [6.07, 6.45) is 3.69. The van der Waals surface area contributed by atoms with Crippen molar-refractivity contribution in [1.82, 2.24) is 14.9 Å². The number of hydrogen-bond acceptors (Lipinski definition) is 6. The van der Waals surface area contributed by atoms with E-state index in [4.69, 9.17) is 26.0 Å². The number of piperidine rings is 1. The first-order chi connectivity index (χ1) is 18.0. The predicted octanol–water partition coefficient (Wildman–Crippen LogP) is 5.22. The number of anilines is 1. The molecule has 0 aliphatic carbocycles. The molecule has 0 spiro atoms. The Morgan fingerprint density at radius 3 is 2.84 bits per heavy atom. The van der Waals surface area contributed by atoms with Gasteiger partial charge in [-0.15, -0.1) is 0 Å². The maximum atomic E-state index is 7.33. The Labute approximate surface area is 220 Å². The highest BCUT2D eigenvalue weighted by atomic mass is 16.5. The highest BCUT2D eigenvalue weighted by molar-refractivity contribution is 5.89. The molecule has 3 heterocycles. The summed E-state index contributed by atoms with van der Waals surface area (Å²) in [6.45, 7) is 13.9. The average molecular weight is 500 g/mol. The molecule has 3 aromatic rings. The fourth-order valence-corrected chi connectivity index (χ4v) is 5.67. The number of aromatic nitrogens is 2. The Morgan fingerprint density at radius 1 is 1.19 bits per heavy atom. The summed E-state index contributed by atoms with van der Waals surface area (Å²) in [5.41, 5.74) is 4.55. The van der Waals surface area contributed by atoms with E-state index >= 15 is 0 Å². The van der Waals surface area contributed by atoms with E-state index in [2.05, 4.69) is 72.1 Å². The Morgan fingerprint density at radius 2 is 2.03 bits per heavy atom. The summed E-state index contributed by atoms with van der Waals surface area (Å²) in [5.74, 6) is 1.30. The normalized spacial score (nSPS) is 19.6. The summed E-state index contributed by atoms with van der Waals surface area (Å²) in [6, 6.07) is 13.4. The van der Waals surface area contributed by atoms with E-state index in [1.54, 1.807) is 0 Å². The van der Waals surface area contributed by atoms with Crippen LogP contribution in [-0.2, 0) is 17.8 Å². The molecule has 0 amide bonds. The molecule has 37 heavy (non-hydrogen) atoms. The van der Waals surface area contributed by atoms with Crippen LogP contribution in [0.4, 0.5) is 5.82 Å². The minimum atomic E-state index is -0.0714. The minimum absolute atomic E-state index is 0.0714. The van der Waals surface area contributed by atoms with Crippen LogP contribution in [-0.4, -0.2) is 61.7 Å². The van der Waals surface area contributed by atoms with Crippen molar-refractivity contribution in [1.29, 1.82) is 0 Å². The number of fused-ring (bicyclic) bond motifs is 2. The smallest absolute Gasteiger partial charge is 0.318 e. The predicted molar refractivity (Wildman–Crippen MR) is 147 cm³/mol. The number of hydrogen-bond donors (Lipinski definition) is 0. The molecule has 2 aliphatic heterocycles. The lowest BCUT2D eigenvalue weighted by atomic mass is 9.92. The van der Waals surface area contributed by atoms with Crippen molar-refractivity contribution in [2.75, 3.05) is 51.8 Å². The zero-order valence-electron chi connectivity index (χ0n) is 22.2. The number of rotatable bonds is 8. The van der Waals surface area contributed by atoms with Crippen molar-refractivity contribution in [2.24, 2.45) is 5.92 Å². The molecule has 7 nitrogen and oxygen atoms in total. The highest BCUT2D eigenvalue weighted by Gasteiger charge is 2.31. The molecule has 2 atom stereocenters. The summed E-state index contributed by atoms with van der Waals surface area (Å²) < 4.78 is 12.6. The molecule has 1 unspecified atom stereocenters. The first-order valence-corrected chi connectivity index (χ1v) is 13.4. The summed E-state index contributed by atoms with van der Waals surface area (Å²) in [5, 5.41) is 2.50. The van der Waals surface area contributed by atoms with Crippen LogP contribution in [0.15, 0.2) is 36.4 Å². The van der Waals surface area contributed by atoms with Crippen LogP contribution < -0.4 is 9.64 Å². The first-order valence-electron chi connectivity index (χ1n) is 13.4. The SMILES string of the molecule is [C-]#[N+]C[C@@H]1CCCN(c2nc(OCCCN(C)C)nc3c2COC(c2cccc4cccc(C)c24)C3)C1. The molecular weight excluding hydrogens is 462 g/mol. The minimum Gasteiger partial charge on any atom is -0.463 e. The van der Waals surface area contributed by atoms with Gasteiger partial charge in [0, 0.05) is 37.5 Å². The van der Waals surface area contributed by atoms with E-state index < -0.39 is 0 Å². The van der Waals surface area contributed by atoms with Gasteiger partial charge in [0.05, 0.1) is 25.0 Å². The van der Waals surface area contributed by atoms with E-state index in [0.717, 1.165) is 56.0 Å². The summed E-state index contributed by atoms with van der Waals surface area (Å²) in [4.78, 5) is 18.0. The van der Waals surface area contributed by atoms with Gasteiger partial charge < -0.3 is 24.1 Å². The van der Waals surface area contributed by atoms with Gasteiger partial charge in [-0.3, -0.25) is 0 Å². The van der Waals surface area contributed by atoms with Crippen molar-refractivity contribution in [3.63, 3.8) is 0 Å². The topological polar surface area (TPSA) is 55.1 Å². The second-order valence-electron chi connectivity index (χ2n) is 10.6. The number of aryl methyl sites for hydroxylation is 1. The molecule has 0 saturated carbocycles. The largest absolute Gasteiger partial charge is 0.463 e. The lowest BCUT2D eigenvalue weighted by Gasteiger charge is -2.35. The molecule has 1 saturated heterocycles. The second kappa shape index (κ2) is 11.5. The molecule has 194 valence electrons. The van der Waals surface area contributed by atoms with Gasteiger partial charge in [-0.05, 0) is 62.2 Å². The van der Waals surface area contributed by atoms with Gasteiger partial charge >= 0.3 is 6.01 Å². The maximum absolute atomic E-state index is 7.33. The van der Waals surface area contributed by atoms with Crippen LogP contribution in [0.25, 0.3) is 15.6 Å². The van der Waals surface area contributed by atoms with Crippen molar-refractivity contribution < 1.29 is 9.47 Å². The first kappa shape index (κ1) is 25.4. The third kappa shape index (κ3) is 5.71. The van der Waals surface area contributed by atoms with E-state index in [0.29, 0.717) is 38.1 Å². The zero-order valence-corrected chi connectivity index (χ0v) is 22.2. The maximum Gasteiger partial charge on any atom is 0.318 e. The van der Waals surface area contributed by atoms with Crippen molar-refractivity contribution in [3.8, 4) is 6.01 Å². The molecule has 5 rings (SSSR count). The molecule has 0 bridgehead atoms. The molecule has 0 N–H and O–H groups in total. The molecule has 0 radical (unpaired) electrons. The van der Waals surface area contributed by atoms with Crippen LogP contribution in [0.5, 0.6) is 6.01 Å². The lowest BCUT2D eigenvalue weighted by Crippen LogP contribution is -2.38. The van der Waals surface area contributed by atoms with Crippen molar-refractivity contribution in [2.45, 2.75) is 45.3 Å². The van der Waals surface area contributed by atoms with Gasteiger partial charge in [0.1, 0.15) is 5.82 Å². The quantitative estimate of drug-likeness (QED) is 0.313. The van der Waals surface area contributed by atoms with Crippen LogP contribution >= 0.6 is 0 Å². The number of benzene rings is 2. The van der Waals surface area contributed by atoms with E-state index in [1.807, 2.05) is 0 Å². The zero-order chi connectivity index (χ0) is 25.8. The van der Waals surface area contributed by atoms with Crippen molar-refractivity contribution in [3.05, 3.63) is 70.2 Å².